The third-order valence-corrected chi connectivity index (χ3v) is 3.86. The molecule has 1 rings (SSSR count). The number of hydrogen-bond acceptors (Lipinski definition) is 2. The third-order valence-electron chi connectivity index (χ3n) is 3.86. The molecule has 0 aromatic carbocycles. The molecule has 2 unspecified atom stereocenters. The van der Waals surface area contributed by atoms with Crippen molar-refractivity contribution in [2.75, 3.05) is 13.6 Å². The standard InChI is InChI=1S/C13H25NO/c1-10(6-5-9-14-4)11-7-8-13(2,3)12(11)15/h10-11,14H,5-9H2,1-4H3. The lowest BCUT2D eigenvalue weighted by atomic mass is 9.83. The SMILES string of the molecule is CNCCCC(C)C1CCC(C)(C)C1=O. The largest absolute Gasteiger partial charge is 0.320 e. The number of ketones is 1. The molecule has 1 saturated carbocycles. The molecule has 2 heteroatoms. The maximum Gasteiger partial charge on any atom is 0.141 e. The molecule has 0 heterocycles. The van der Waals surface area contributed by atoms with Crippen LogP contribution in [0.2, 0.25) is 0 Å². The minimum Gasteiger partial charge on any atom is -0.320 e. The molecule has 0 aromatic heterocycles. The average Bonchev–Trinajstić information content (AvgIpc) is 2.43. The molecule has 15 heavy (non-hydrogen) atoms. The zero-order valence-electron chi connectivity index (χ0n) is 10.6. The lowest BCUT2D eigenvalue weighted by Gasteiger charge is -2.20. The smallest absolute Gasteiger partial charge is 0.141 e. The van der Waals surface area contributed by atoms with Crippen LogP contribution >= 0.6 is 0 Å². The van der Waals surface area contributed by atoms with Crippen molar-refractivity contribution in [1.82, 2.24) is 5.32 Å². The van der Waals surface area contributed by atoms with Crippen molar-refractivity contribution in [1.29, 1.82) is 0 Å². The molecular formula is C13H25NO. The molecule has 0 amide bonds. The highest BCUT2D eigenvalue weighted by atomic mass is 16.1. The van der Waals surface area contributed by atoms with Crippen molar-refractivity contribution < 1.29 is 4.79 Å². The number of rotatable bonds is 5. The molecule has 0 bridgehead atoms. The van der Waals surface area contributed by atoms with Crippen LogP contribution in [-0.2, 0) is 4.79 Å². The van der Waals surface area contributed by atoms with Gasteiger partial charge in [-0.1, -0.05) is 20.8 Å². The molecule has 88 valence electrons. The van der Waals surface area contributed by atoms with Gasteiger partial charge >= 0.3 is 0 Å². The summed E-state index contributed by atoms with van der Waals surface area (Å²) in [4.78, 5) is 12.1. The maximum atomic E-state index is 12.1. The fourth-order valence-corrected chi connectivity index (χ4v) is 2.62. The summed E-state index contributed by atoms with van der Waals surface area (Å²) in [6.07, 6.45) is 4.54. The molecule has 2 nitrogen and oxygen atoms in total. The molecule has 0 aromatic rings. The van der Waals surface area contributed by atoms with Crippen molar-refractivity contribution in [2.45, 2.75) is 46.5 Å². The van der Waals surface area contributed by atoms with Gasteiger partial charge in [-0.3, -0.25) is 4.79 Å². The van der Waals surface area contributed by atoms with E-state index in [9.17, 15) is 4.79 Å². The van der Waals surface area contributed by atoms with E-state index in [1.54, 1.807) is 0 Å². The van der Waals surface area contributed by atoms with Gasteiger partial charge < -0.3 is 5.32 Å². The molecule has 1 fully saturated rings. The molecule has 0 radical (unpaired) electrons. The summed E-state index contributed by atoms with van der Waals surface area (Å²) in [5.41, 5.74) is -0.0536. The summed E-state index contributed by atoms with van der Waals surface area (Å²) in [6, 6.07) is 0. The van der Waals surface area contributed by atoms with Crippen molar-refractivity contribution >= 4 is 5.78 Å². The number of carbonyl (C=O) groups excluding carboxylic acids is 1. The van der Waals surface area contributed by atoms with E-state index in [1.165, 1.54) is 12.8 Å². The Bertz CT molecular complexity index is 223. The minimum absolute atomic E-state index is 0.0536. The van der Waals surface area contributed by atoms with E-state index in [1.807, 2.05) is 7.05 Å². The van der Waals surface area contributed by atoms with Gasteiger partial charge in [0.25, 0.3) is 0 Å². The number of nitrogens with one attached hydrogen (secondary N) is 1. The van der Waals surface area contributed by atoms with Gasteiger partial charge in [0.1, 0.15) is 5.78 Å². The quantitative estimate of drug-likeness (QED) is 0.708. The van der Waals surface area contributed by atoms with E-state index in [0.717, 1.165) is 19.4 Å². The van der Waals surface area contributed by atoms with Crippen LogP contribution in [0.5, 0.6) is 0 Å². The first kappa shape index (κ1) is 12.7. The van der Waals surface area contributed by atoms with E-state index in [0.29, 0.717) is 17.6 Å². The van der Waals surface area contributed by atoms with Crippen LogP contribution in [0.1, 0.15) is 46.5 Å². The average molecular weight is 211 g/mol. The summed E-state index contributed by atoms with van der Waals surface area (Å²) < 4.78 is 0. The number of hydrogen-bond donors (Lipinski definition) is 1. The van der Waals surface area contributed by atoms with Gasteiger partial charge in [-0.05, 0) is 45.2 Å². The minimum atomic E-state index is -0.0536. The van der Waals surface area contributed by atoms with E-state index in [-0.39, 0.29) is 5.41 Å². The lowest BCUT2D eigenvalue weighted by Crippen LogP contribution is -2.26. The van der Waals surface area contributed by atoms with Gasteiger partial charge in [0.2, 0.25) is 0 Å². The Hall–Kier alpha value is -0.370. The van der Waals surface area contributed by atoms with Crippen LogP contribution in [0.25, 0.3) is 0 Å². The molecule has 0 spiro atoms. The molecule has 0 saturated heterocycles. The van der Waals surface area contributed by atoms with Crippen molar-refractivity contribution in [2.24, 2.45) is 17.3 Å². The van der Waals surface area contributed by atoms with Crippen molar-refractivity contribution in [3.63, 3.8) is 0 Å². The first-order chi connectivity index (χ1) is 6.99. The van der Waals surface area contributed by atoms with Crippen LogP contribution in [0.4, 0.5) is 0 Å². The fourth-order valence-electron chi connectivity index (χ4n) is 2.62. The summed E-state index contributed by atoms with van der Waals surface area (Å²) in [7, 11) is 1.98. The summed E-state index contributed by atoms with van der Waals surface area (Å²) in [5.74, 6) is 1.39. The first-order valence-electron chi connectivity index (χ1n) is 6.18. The van der Waals surface area contributed by atoms with Gasteiger partial charge in [0, 0.05) is 11.3 Å². The van der Waals surface area contributed by atoms with Gasteiger partial charge in [0.05, 0.1) is 0 Å². The summed E-state index contributed by atoms with van der Waals surface area (Å²) in [6.45, 7) is 7.49. The Labute approximate surface area is 93.8 Å². The van der Waals surface area contributed by atoms with Crippen LogP contribution in [0.15, 0.2) is 0 Å². The highest BCUT2D eigenvalue weighted by molar-refractivity contribution is 5.88. The van der Waals surface area contributed by atoms with Crippen LogP contribution in [-0.4, -0.2) is 19.4 Å². The molecule has 1 aliphatic carbocycles. The topological polar surface area (TPSA) is 29.1 Å². The first-order valence-corrected chi connectivity index (χ1v) is 6.18. The predicted molar refractivity (Wildman–Crippen MR) is 63.8 cm³/mol. The van der Waals surface area contributed by atoms with Crippen molar-refractivity contribution in [3.05, 3.63) is 0 Å². The second-order valence-electron chi connectivity index (χ2n) is 5.62. The van der Waals surface area contributed by atoms with E-state index in [2.05, 4.69) is 26.1 Å². The fraction of sp³-hybridized carbons (Fsp3) is 0.923. The van der Waals surface area contributed by atoms with Gasteiger partial charge in [-0.15, -0.1) is 0 Å². The van der Waals surface area contributed by atoms with Crippen molar-refractivity contribution in [3.8, 4) is 0 Å². The van der Waals surface area contributed by atoms with E-state index < -0.39 is 0 Å². The van der Waals surface area contributed by atoms with Gasteiger partial charge in [-0.25, -0.2) is 0 Å². The zero-order chi connectivity index (χ0) is 11.5. The van der Waals surface area contributed by atoms with Crippen LogP contribution in [0, 0.1) is 17.3 Å². The zero-order valence-corrected chi connectivity index (χ0v) is 10.6. The second kappa shape index (κ2) is 5.11. The monoisotopic (exact) mass is 211 g/mol. The number of carbonyl (C=O) groups is 1. The Kier molecular flexibility index (Phi) is 4.32. The Morgan fingerprint density at radius 3 is 2.67 bits per heavy atom. The molecule has 0 aliphatic heterocycles. The Balaban J connectivity index is 2.41. The molecular weight excluding hydrogens is 186 g/mol. The lowest BCUT2D eigenvalue weighted by molar-refractivity contribution is -0.128. The molecule has 1 aliphatic rings. The van der Waals surface area contributed by atoms with E-state index in [4.69, 9.17) is 0 Å². The highest BCUT2D eigenvalue weighted by Crippen LogP contribution is 2.41. The molecule has 2 atom stereocenters. The Morgan fingerprint density at radius 2 is 2.20 bits per heavy atom. The third kappa shape index (κ3) is 3.04. The van der Waals surface area contributed by atoms with Gasteiger partial charge in [-0.2, -0.15) is 0 Å². The predicted octanol–water partition coefficient (Wildman–Crippen LogP) is 2.63. The normalized spacial score (nSPS) is 26.9. The van der Waals surface area contributed by atoms with Crippen LogP contribution < -0.4 is 5.32 Å². The maximum absolute atomic E-state index is 12.1. The van der Waals surface area contributed by atoms with Gasteiger partial charge in [0.15, 0.2) is 0 Å². The highest BCUT2D eigenvalue weighted by Gasteiger charge is 2.42. The number of Topliss-reactive ketones (excluding diaryl/α,β-unsaturated/α-hetero) is 1. The van der Waals surface area contributed by atoms with Crippen LogP contribution in [0.3, 0.4) is 0 Å². The second-order valence-corrected chi connectivity index (χ2v) is 5.62. The summed E-state index contributed by atoms with van der Waals surface area (Å²) >= 11 is 0. The summed E-state index contributed by atoms with van der Waals surface area (Å²) in [5, 5.41) is 3.16. The van der Waals surface area contributed by atoms with E-state index >= 15 is 0 Å². The Morgan fingerprint density at radius 1 is 1.53 bits per heavy atom. The molecule has 1 N–H and O–H groups in total.